The van der Waals surface area contributed by atoms with Crippen LogP contribution in [0, 0.1) is 0 Å². The highest BCUT2D eigenvalue weighted by Crippen LogP contribution is 2.23. The molecule has 7 heteroatoms. The molecule has 2 aromatic carbocycles. The lowest BCUT2D eigenvalue weighted by Crippen LogP contribution is -2.50. The van der Waals surface area contributed by atoms with Crippen molar-refractivity contribution in [2.24, 2.45) is 0 Å². The molecule has 0 unspecified atom stereocenters. The van der Waals surface area contributed by atoms with E-state index >= 15 is 0 Å². The standard InChI is InChI=1S/C23H25N3O3S/c1-17(2)18-7-9-20(10-8-18)30(28,29)26-15-13-25(14-16-26)23(27)22-21-6-4-3-5-19(21)11-12-24-22/h3-12,17H,13-16H2,1-2H3. The number of hydrogen-bond donors (Lipinski definition) is 0. The predicted octanol–water partition coefficient (Wildman–Crippen LogP) is 3.50. The highest BCUT2D eigenvalue weighted by atomic mass is 32.2. The molecule has 1 aromatic heterocycles. The van der Waals surface area contributed by atoms with Crippen molar-refractivity contribution in [2.75, 3.05) is 26.2 Å². The van der Waals surface area contributed by atoms with Gasteiger partial charge < -0.3 is 4.90 Å². The van der Waals surface area contributed by atoms with Gasteiger partial charge in [0.25, 0.3) is 5.91 Å². The fourth-order valence-corrected chi connectivity index (χ4v) is 5.17. The Labute approximate surface area is 177 Å². The number of rotatable bonds is 4. The Hall–Kier alpha value is -2.77. The molecule has 0 radical (unpaired) electrons. The molecule has 0 N–H and O–H groups in total. The molecule has 1 fully saturated rings. The van der Waals surface area contributed by atoms with Gasteiger partial charge in [0.15, 0.2) is 0 Å². The van der Waals surface area contributed by atoms with Gasteiger partial charge in [0.2, 0.25) is 10.0 Å². The molecule has 2 heterocycles. The van der Waals surface area contributed by atoms with Gasteiger partial charge in [-0.3, -0.25) is 9.78 Å². The lowest BCUT2D eigenvalue weighted by atomic mass is 10.0. The van der Waals surface area contributed by atoms with Gasteiger partial charge in [-0.15, -0.1) is 0 Å². The highest BCUT2D eigenvalue weighted by Gasteiger charge is 2.31. The molecular weight excluding hydrogens is 398 g/mol. The third kappa shape index (κ3) is 3.82. The fraction of sp³-hybridized carbons (Fsp3) is 0.304. The van der Waals surface area contributed by atoms with Crippen LogP contribution in [-0.4, -0.2) is 54.7 Å². The van der Waals surface area contributed by atoms with Crippen LogP contribution >= 0.6 is 0 Å². The van der Waals surface area contributed by atoms with E-state index in [1.165, 1.54) is 4.31 Å². The first-order valence-electron chi connectivity index (χ1n) is 10.1. The van der Waals surface area contributed by atoms with Crippen LogP contribution < -0.4 is 0 Å². The Morgan fingerprint density at radius 2 is 1.60 bits per heavy atom. The summed E-state index contributed by atoms with van der Waals surface area (Å²) in [6.45, 7) is 5.37. The summed E-state index contributed by atoms with van der Waals surface area (Å²) >= 11 is 0. The van der Waals surface area contributed by atoms with E-state index in [9.17, 15) is 13.2 Å². The summed E-state index contributed by atoms with van der Waals surface area (Å²) in [7, 11) is -3.57. The molecule has 4 rings (SSSR count). The average molecular weight is 424 g/mol. The van der Waals surface area contributed by atoms with Crippen LogP contribution in [0.5, 0.6) is 0 Å². The molecule has 1 saturated heterocycles. The minimum atomic E-state index is -3.57. The van der Waals surface area contributed by atoms with Gasteiger partial charge in [-0.05, 0) is 35.1 Å². The van der Waals surface area contributed by atoms with Crippen LogP contribution in [-0.2, 0) is 10.0 Å². The van der Waals surface area contributed by atoms with E-state index in [-0.39, 0.29) is 19.0 Å². The Bertz CT molecular complexity index is 1160. The maximum Gasteiger partial charge on any atom is 0.273 e. The second kappa shape index (κ2) is 8.16. The second-order valence-electron chi connectivity index (χ2n) is 7.80. The average Bonchev–Trinajstić information content (AvgIpc) is 2.78. The summed E-state index contributed by atoms with van der Waals surface area (Å²) in [5.74, 6) is 0.184. The Morgan fingerprint density at radius 1 is 0.933 bits per heavy atom. The minimum Gasteiger partial charge on any atom is -0.335 e. The number of amides is 1. The molecule has 6 nitrogen and oxygen atoms in total. The molecule has 3 aromatic rings. The van der Waals surface area contributed by atoms with Gasteiger partial charge >= 0.3 is 0 Å². The molecule has 1 aliphatic rings. The second-order valence-corrected chi connectivity index (χ2v) is 9.74. The lowest BCUT2D eigenvalue weighted by molar-refractivity contribution is 0.0694. The van der Waals surface area contributed by atoms with E-state index in [1.807, 2.05) is 42.5 Å². The molecular formula is C23H25N3O3S. The number of piperazine rings is 1. The van der Waals surface area contributed by atoms with E-state index in [2.05, 4.69) is 18.8 Å². The Morgan fingerprint density at radius 3 is 2.27 bits per heavy atom. The largest absolute Gasteiger partial charge is 0.335 e. The zero-order valence-corrected chi connectivity index (χ0v) is 18.0. The molecule has 30 heavy (non-hydrogen) atoms. The van der Waals surface area contributed by atoms with Gasteiger partial charge in [0.1, 0.15) is 5.69 Å². The Kier molecular flexibility index (Phi) is 5.58. The smallest absolute Gasteiger partial charge is 0.273 e. The van der Waals surface area contributed by atoms with Crippen LogP contribution in [0.3, 0.4) is 0 Å². The Balaban J connectivity index is 1.48. The lowest BCUT2D eigenvalue weighted by Gasteiger charge is -2.34. The van der Waals surface area contributed by atoms with Gasteiger partial charge in [0.05, 0.1) is 4.90 Å². The van der Waals surface area contributed by atoms with Crippen molar-refractivity contribution in [2.45, 2.75) is 24.7 Å². The zero-order valence-electron chi connectivity index (χ0n) is 17.2. The number of carbonyl (C=O) groups is 1. The maximum absolute atomic E-state index is 13.0. The van der Waals surface area contributed by atoms with Crippen LogP contribution in [0.25, 0.3) is 10.8 Å². The van der Waals surface area contributed by atoms with E-state index in [0.29, 0.717) is 29.6 Å². The number of carbonyl (C=O) groups excluding carboxylic acids is 1. The number of benzene rings is 2. The highest BCUT2D eigenvalue weighted by molar-refractivity contribution is 7.89. The molecule has 156 valence electrons. The predicted molar refractivity (Wildman–Crippen MR) is 117 cm³/mol. The normalized spacial score (nSPS) is 15.6. The summed E-state index contributed by atoms with van der Waals surface area (Å²) in [6.07, 6.45) is 1.64. The molecule has 0 spiro atoms. The monoisotopic (exact) mass is 423 g/mol. The van der Waals surface area contributed by atoms with Crippen molar-refractivity contribution in [1.29, 1.82) is 0 Å². The fourth-order valence-electron chi connectivity index (χ4n) is 3.75. The summed E-state index contributed by atoms with van der Waals surface area (Å²) in [6, 6.07) is 16.6. The number of sulfonamides is 1. The van der Waals surface area contributed by atoms with Crippen molar-refractivity contribution < 1.29 is 13.2 Å². The van der Waals surface area contributed by atoms with Crippen molar-refractivity contribution in [3.63, 3.8) is 0 Å². The van der Waals surface area contributed by atoms with Crippen molar-refractivity contribution in [3.8, 4) is 0 Å². The molecule has 0 aliphatic carbocycles. The summed E-state index contributed by atoms with van der Waals surface area (Å²) in [5, 5.41) is 1.77. The van der Waals surface area contributed by atoms with Gasteiger partial charge in [0, 0.05) is 37.8 Å². The van der Waals surface area contributed by atoms with E-state index in [1.54, 1.807) is 23.2 Å². The van der Waals surface area contributed by atoms with E-state index in [0.717, 1.165) is 16.3 Å². The number of aromatic nitrogens is 1. The van der Waals surface area contributed by atoms with Crippen LogP contribution in [0.2, 0.25) is 0 Å². The van der Waals surface area contributed by atoms with E-state index in [4.69, 9.17) is 0 Å². The first-order valence-corrected chi connectivity index (χ1v) is 11.5. The molecule has 0 saturated carbocycles. The summed E-state index contributed by atoms with van der Waals surface area (Å²) < 4.78 is 27.5. The quantitative estimate of drug-likeness (QED) is 0.644. The van der Waals surface area contributed by atoms with Gasteiger partial charge in [-0.1, -0.05) is 50.2 Å². The summed E-state index contributed by atoms with van der Waals surface area (Å²) in [5.41, 5.74) is 1.51. The third-order valence-corrected chi connectivity index (χ3v) is 7.50. The first kappa shape index (κ1) is 20.5. The number of hydrogen-bond acceptors (Lipinski definition) is 4. The summed E-state index contributed by atoms with van der Waals surface area (Å²) in [4.78, 5) is 19.3. The zero-order chi connectivity index (χ0) is 21.3. The van der Waals surface area contributed by atoms with Crippen molar-refractivity contribution in [1.82, 2.24) is 14.2 Å². The number of pyridine rings is 1. The first-order chi connectivity index (χ1) is 14.4. The number of fused-ring (bicyclic) bond motifs is 1. The van der Waals surface area contributed by atoms with Crippen LogP contribution in [0.4, 0.5) is 0 Å². The molecule has 0 atom stereocenters. The van der Waals surface area contributed by atoms with Crippen molar-refractivity contribution >= 4 is 26.7 Å². The molecule has 1 amide bonds. The minimum absolute atomic E-state index is 0.162. The van der Waals surface area contributed by atoms with Crippen molar-refractivity contribution in [3.05, 3.63) is 72.1 Å². The van der Waals surface area contributed by atoms with Crippen LogP contribution in [0.1, 0.15) is 35.8 Å². The van der Waals surface area contributed by atoms with Crippen LogP contribution in [0.15, 0.2) is 65.7 Å². The maximum atomic E-state index is 13.0. The topological polar surface area (TPSA) is 70.6 Å². The molecule has 0 bridgehead atoms. The van der Waals surface area contributed by atoms with E-state index < -0.39 is 10.0 Å². The van der Waals surface area contributed by atoms with Gasteiger partial charge in [-0.25, -0.2) is 8.42 Å². The SMILES string of the molecule is CC(C)c1ccc(S(=O)(=O)N2CCN(C(=O)c3nccc4ccccc34)CC2)cc1. The molecule has 1 aliphatic heterocycles. The van der Waals surface area contributed by atoms with Gasteiger partial charge in [-0.2, -0.15) is 4.31 Å². The third-order valence-electron chi connectivity index (χ3n) is 5.59. The number of nitrogens with zero attached hydrogens (tertiary/aromatic N) is 3.